The number of aryl methyl sites for hydroxylation is 1. The molecule has 0 spiro atoms. The molecule has 1 aromatic rings. The Kier molecular flexibility index (Phi) is 9.38. The van der Waals surface area contributed by atoms with Gasteiger partial charge in [0.2, 0.25) is 0 Å². The largest absolute Gasteiger partial charge is 0.385 e. The van der Waals surface area contributed by atoms with Gasteiger partial charge in [0.25, 0.3) is 0 Å². The topological polar surface area (TPSA) is 45.7 Å². The van der Waals surface area contributed by atoms with Crippen LogP contribution in [-0.4, -0.2) is 39.8 Å². The molecule has 2 N–H and O–H groups in total. The standard InChI is InChI=1S/C21H35N3O.HI/c1-6-17-7-9-18(10-8-17)20(2,3)15-23-19(22-4)24-16-21(11-12-21)13-14-25-5;/h7-10H,6,11-16H2,1-5H3,(H2,22,23,24);1H. The van der Waals surface area contributed by atoms with Gasteiger partial charge < -0.3 is 15.4 Å². The van der Waals surface area contributed by atoms with Crippen LogP contribution in [0, 0.1) is 5.41 Å². The predicted molar refractivity (Wildman–Crippen MR) is 122 cm³/mol. The van der Waals surface area contributed by atoms with Crippen LogP contribution in [0.3, 0.4) is 0 Å². The van der Waals surface area contributed by atoms with Crippen molar-refractivity contribution in [3.63, 3.8) is 0 Å². The van der Waals surface area contributed by atoms with Crippen LogP contribution in [0.2, 0.25) is 0 Å². The molecule has 4 nitrogen and oxygen atoms in total. The zero-order chi connectivity index (χ0) is 18.3. The number of ether oxygens (including phenoxy) is 1. The van der Waals surface area contributed by atoms with Crippen molar-refractivity contribution in [2.75, 3.05) is 33.9 Å². The molecular weight excluding hydrogens is 437 g/mol. The highest BCUT2D eigenvalue weighted by molar-refractivity contribution is 14.0. The minimum absolute atomic E-state index is 0. The first-order valence-electron chi connectivity index (χ1n) is 9.47. The summed E-state index contributed by atoms with van der Waals surface area (Å²) in [6.07, 6.45) is 4.79. The highest BCUT2D eigenvalue weighted by atomic mass is 127. The Bertz CT molecular complexity index is 565. The Morgan fingerprint density at radius 1 is 1.19 bits per heavy atom. The molecule has 1 aromatic carbocycles. The van der Waals surface area contributed by atoms with Gasteiger partial charge >= 0.3 is 0 Å². The van der Waals surface area contributed by atoms with E-state index < -0.39 is 0 Å². The number of hydrogen-bond donors (Lipinski definition) is 2. The summed E-state index contributed by atoms with van der Waals surface area (Å²) in [5.41, 5.74) is 3.21. The number of aliphatic imine (C=N–C) groups is 1. The highest BCUT2D eigenvalue weighted by Gasteiger charge is 2.41. The maximum Gasteiger partial charge on any atom is 0.191 e. The normalized spacial score (nSPS) is 16.0. The Balaban J connectivity index is 0.00000338. The third-order valence-electron chi connectivity index (χ3n) is 5.49. The third-order valence-corrected chi connectivity index (χ3v) is 5.49. The summed E-state index contributed by atoms with van der Waals surface area (Å²) in [5.74, 6) is 0.891. The molecule has 1 saturated carbocycles. The molecule has 1 fully saturated rings. The molecule has 0 amide bonds. The molecule has 0 radical (unpaired) electrons. The first-order valence-corrected chi connectivity index (χ1v) is 9.47. The summed E-state index contributed by atoms with van der Waals surface area (Å²) in [7, 11) is 3.62. The zero-order valence-corrected chi connectivity index (χ0v) is 19.4. The summed E-state index contributed by atoms with van der Waals surface area (Å²) in [5, 5.41) is 7.01. The maximum absolute atomic E-state index is 5.23. The van der Waals surface area contributed by atoms with Crippen LogP contribution >= 0.6 is 24.0 Å². The average molecular weight is 473 g/mol. The molecule has 0 heterocycles. The van der Waals surface area contributed by atoms with Crippen LogP contribution in [-0.2, 0) is 16.6 Å². The third kappa shape index (κ3) is 6.72. The van der Waals surface area contributed by atoms with E-state index >= 15 is 0 Å². The minimum atomic E-state index is 0. The molecule has 0 aliphatic heterocycles. The second kappa shape index (κ2) is 10.5. The molecule has 148 valence electrons. The summed E-state index contributed by atoms with van der Waals surface area (Å²) in [6.45, 7) is 9.40. The molecule has 2 rings (SSSR count). The van der Waals surface area contributed by atoms with Crippen LogP contribution in [0.4, 0.5) is 0 Å². The van der Waals surface area contributed by atoms with E-state index in [1.165, 1.54) is 24.0 Å². The molecule has 0 unspecified atom stereocenters. The molecule has 0 aromatic heterocycles. The Hall–Kier alpha value is -0.820. The van der Waals surface area contributed by atoms with Gasteiger partial charge in [-0.2, -0.15) is 0 Å². The van der Waals surface area contributed by atoms with Crippen molar-refractivity contribution in [2.24, 2.45) is 10.4 Å². The van der Waals surface area contributed by atoms with Gasteiger partial charge in [0.05, 0.1) is 0 Å². The van der Waals surface area contributed by atoms with Gasteiger partial charge in [-0.05, 0) is 42.2 Å². The van der Waals surface area contributed by atoms with Crippen LogP contribution < -0.4 is 10.6 Å². The van der Waals surface area contributed by atoms with E-state index in [1.807, 2.05) is 7.05 Å². The summed E-state index contributed by atoms with van der Waals surface area (Å²) < 4.78 is 5.23. The van der Waals surface area contributed by atoms with Crippen LogP contribution in [0.1, 0.15) is 51.2 Å². The Labute approximate surface area is 176 Å². The van der Waals surface area contributed by atoms with Crippen molar-refractivity contribution < 1.29 is 4.74 Å². The van der Waals surface area contributed by atoms with Gasteiger partial charge in [-0.1, -0.05) is 45.0 Å². The molecular formula is C21H36IN3O. The van der Waals surface area contributed by atoms with Crippen molar-refractivity contribution in [3.05, 3.63) is 35.4 Å². The summed E-state index contributed by atoms with van der Waals surface area (Å²) >= 11 is 0. The number of halogens is 1. The Morgan fingerprint density at radius 3 is 2.35 bits per heavy atom. The second-order valence-corrected chi connectivity index (χ2v) is 7.96. The molecule has 5 heteroatoms. The number of nitrogens with one attached hydrogen (secondary N) is 2. The maximum atomic E-state index is 5.23. The highest BCUT2D eigenvalue weighted by Crippen LogP contribution is 2.48. The van der Waals surface area contributed by atoms with Gasteiger partial charge in [-0.3, -0.25) is 4.99 Å². The second-order valence-electron chi connectivity index (χ2n) is 7.96. The number of methoxy groups -OCH3 is 1. The van der Waals surface area contributed by atoms with E-state index in [0.717, 1.165) is 38.5 Å². The molecule has 0 bridgehead atoms. The lowest BCUT2D eigenvalue weighted by Gasteiger charge is -2.27. The van der Waals surface area contributed by atoms with E-state index in [9.17, 15) is 0 Å². The summed E-state index contributed by atoms with van der Waals surface area (Å²) in [4.78, 5) is 4.39. The van der Waals surface area contributed by atoms with Crippen LogP contribution in [0.25, 0.3) is 0 Å². The van der Waals surface area contributed by atoms with E-state index in [1.54, 1.807) is 7.11 Å². The van der Waals surface area contributed by atoms with E-state index in [0.29, 0.717) is 5.41 Å². The zero-order valence-electron chi connectivity index (χ0n) is 17.0. The molecule has 0 atom stereocenters. The monoisotopic (exact) mass is 473 g/mol. The quantitative estimate of drug-likeness (QED) is 0.322. The van der Waals surface area contributed by atoms with Crippen molar-refractivity contribution in [1.29, 1.82) is 0 Å². The van der Waals surface area contributed by atoms with Gasteiger partial charge in [0, 0.05) is 39.3 Å². The number of rotatable bonds is 9. The smallest absolute Gasteiger partial charge is 0.191 e. The fourth-order valence-corrected chi connectivity index (χ4v) is 3.10. The van der Waals surface area contributed by atoms with E-state index in [-0.39, 0.29) is 29.4 Å². The lowest BCUT2D eigenvalue weighted by atomic mass is 9.84. The van der Waals surface area contributed by atoms with Crippen molar-refractivity contribution in [2.45, 2.75) is 51.9 Å². The molecule has 0 saturated heterocycles. The van der Waals surface area contributed by atoms with E-state index in [4.69, 9.17) is 4.74 Å². The molecule has 1 aliphatic carbocycles. The SMILES string of the molecule is CCc1ccc(C(C)(C)CNC(=NC)NCC2(CCOC)CC2)cc1.I. The van der Waals surface area contributed by atoms with Crippen molar-refractivity contribution >= 4 is 29.9 Å². The van der Waals surface area contributed by atoms with Gasteiger partial charge in [0.15, 0.2) is 5.96 Å². The van der Waals surface area contributed by atoms with Gasteiger partial charge in [-0.15, -0.1) is 24.0 Å². The Morgan fingerprint density at radius 2 is 1.85 bits per heavy atom. The molecule has 26 heavy (non-hydrogen) atoms. The van der Waals surface area contributed by atoms with Crippen LogP contribution in [0.5, 0.6) is 0 Å². The molecule has 1 aliphatic rings. The average Bonchev–Trinajstić information content (AvgIpc) is 3.40. The first kappa shape index (κ1) is 23.2. The predicted octanol–water partition coefficient (Wildman–Crippen LogP) is 4.13. The van der Waals surface area contributed by atoms with Crippen LogP contribution in [0.15, 0.2) is 29.3 Å². The first-order chi connectivity index (χ1) is 11.9. The van der Waals surface area contributed by atoms with Gasteiger partial charge in [-0.25, -0.2) is 0 Å². The lowest BCUT2D eigenvalue weighted by Crippen LogP contribution is -2.45. The number of guanidine groups is 1. The van der Waals surface area contributed by atoms with E-state index in [2.05, 4.69) is 60.7 Å². The number of nitrogens with zero attached hydrogens (tertiary/aromatic N) is 1. The number of hydrogen-bond acceptors (Lipinski definition) is 2. The minimum Gasteiger partial charge on any atom is -0.385 e. The fraction of sp³-hybridized carbons (Fsp3) is 0.667. The lowest BCUT2D eigenvalue weighted by molar-refractivity contribution is 0.172. The summed E-state index contributed by atoms with van der Waals surface area (Å²) in [6, 6.07) is 8.97. The fourth-order valence-electron chi connectivity index (χ4n) is 3.10. The number of benzene rings is 1. The van der Waals surface area contributed by atoms with Crippen molar-refractivity contribution in [1.82, 2.24) is 10.6 Å². The van der Waals surface area contributed by atoms with Gasteiger partial charge in [0.1, 0.15) is 0 Å². The van der Waals surface area contributed by atoms with Crippen molar-refractivity contribution in [3.8, 4) is 0 Å².